The Morgan fingerprint density at radius 3 is 2.68 bits per heavy atom. The van der Waals surface area contributed by atoms with Crippen molar-refractivity contribution in [3.05, 3.63) is 22.4 Å². The Balaban J connectivity index is 0.00000242. The van der Waals surface area contributed by atoms with Crippen molar-refractivity contribution in [1.29, 1.82) is 0 Å². The molecular weight excluding hydrogens is 435 g/mol. The van der Waals surface area contributed by atoms with E-state index in [4.69, 9.17) is 0 Å². The lowest BCUT2D eigenvalue weighted by atomic mass is 10.3. The standard InChI is InChI=1S/C13H22N4O2S2.HI/c1-14-13(16-10-12-2-7-20-11-12)15-3-4-17-5-8-21(18,19)9-6-17;/h2,7,11H,3-6,8-10H2,1H3,(H2,14,15,16);1H. The van der Waals surface area contributed by atoms with Gasteiger partial charge in [-0.25, -0.2) is 8.42 Å². The fourth-order valence-electron chi connectivity index (χ4n) is 2.11. The average molecular weight is 458 g/mol. The predicted molar refractivity (Wildman–Crippen MR) is 103 cm³/mol. The minimum atomic E-state index is -2.79. The molecule has 1 saturated heterocycles. The summed E-state index contributed by atoms with van der Waals surface area (Å²) in [5.74, 6) is 1.32. The molecule has 0 unspecified atom stereocenters. The summed E-state index contributed by atoms with van der Waals surface area (Å²) in [5.41, 5.74) is 1.24. The molecule has 2 rings (SSSR count). The second kappa shape index (κ2) is 9.68. The van der Waals surface area contributed by atoms with Crippen LogP contribution in [0.5, 0.6) is 0 Å². The summed E-state index contributed by atoms with van der Waals surface area (Å²) < 4.78 is 22.7. The molecule has 0 bridgehead atoms. The van der Waals surface area contributed by atoms with Crippen molar-refractivity contribution in [1.82, 2.24) is 15.5 Å². The van der Waals surface area contributed by atoms with Crippen LogP contribution in [0.2, 0.25) is 0 Å². The van der Waals surface area contributed by atoms with Gasteiger partial charge in [0.25, 0.3) is 0 Å². The van der Waals surface area contributed by atoms with Gasteiger partial charge in [-0.05, 0) is 22.4 Å². The summed E-state index contributed by atoms with van der Waals surface area (Å²) in [7, 11) is -1.05. The molecule has 1 aliphatic rings. The number of sulfone groups is 1. The molecule has 0 radical (unpaired) electrons. The minimum Gasteiger partial charge on any atom is -0.355 e. The Hall–Kier alpha value is -0.390. The summed E-state index contributed by atoms with van der Waals surface area (Å²) in [4.78, 5) is 6.34. The number of aliphatic imine (C=N–C) groups is 1. The van der Waals surface area contributed by atoms with Gasteiger partial charge < -0.3 is 10.6 Å². The van der Waals surface area contributed by atoms with Crippen LogP contribution in [0, 0.1) is 0 Å². The van der Waals surface area contributed by atoms with Gasteiger partial charge in [-0.3, -0.25) is 9.89 Å². The number of hydrogen-bond acceptors (Lipinski definition) is 5. The molecule has 2 N–H and O–H groups in total. The number of rotatable bonds is 5. The molecule has 1 aliphatic heterocycles. The molecular formula is C13H23IN4O2S2. The molecule has 0 atom stereocenters. The summed E-state index contributed by atoms with van der Waals surface area (Å²) in [6.45, 7) is 3.60. The summed E-state index contributed by atoms with van der Waals surface area (Å²) in [5, 5.41) is 10.7. The van der Waals surface area contributed by atoms with Crippen LogP contribution in [0.1, 0.15) is 5.56 Å². The highest BCUT2D eigenvalue weighted by Gasteiger charge is 2.20. The first-order valence-corrected chi connectivity index (χ1v) is 9.74. The molecule has 2 heterocycles. The topological polar surface area (TPSA) is 73.8 Å². The summed E-state index contributed by atoms with van der Waals surface area (Å²) >= 11 is 1.68. The van der Waals surface area contributed by atoms with Crippen LogP contribution in [0.4, 0.5) is 0 Å². The van der Waals surface area contributed by atoms with Crippen molar-refractivity contribution in [2.24, 2.45) is 4.99 Å². The van der Waals surface area contributed by atoms with Gasteiger partial charge >= 0.3 is 0 Å². The highest BCUT2D eigenvalue weighted by Crippen LogP contribution is 2.05. The molecule has 22 heavy (non-hydrogen) atoms. The van der Waals surface area contributed by atoms with Crippen molar-refractivity contribution in [3.63, 3.8) is 0 Å². The van der Waals surface area contributed by atoms with E-state index >= 15 is 0 Å². The summed E-state index contributed by atoms with van der Waals surface area (Å²) in [6.07, 6.45) is 0. The van der Waals surface area contributed by atoms with Gasteiger partial charge in [0, 0.05) is 39.8 Å². The maximum Gasteiger partial charge on any atom is 0.191 e. The monoisotopic (exact) mass is 458 g/mol. The van der Waals surface area contributed by atoms with Crippen LogP contribution < -0.4 is 10.6 Å². The first-order chi connectivity index (χ1) is 10.1. The zero-order valence-electron chi connectivity index (χ0n) is 12.6. The third-order valence-corrected chi connectivity index (χ3v) is 5.76. The van der Waals surface area contributed by atoms with Gasteiger partial charge in [-0.2, -0.15) is 11.3 Å². The van der Waals surface area contributed by atoms with Crippen LogP contribution in [0.3, 0.4) is 0 Å². The van der Waals surface area contributed by atoms with Gasteiger partial charge in [0.05, 0.1) is 11.5 Å². The molecule has 1 aromatic heterocycles. The van der Waals surface area contributed by atoms with Crippen LogP contribution in [-0.2, 0) is 16.4 Å². The average Bonchev–Trinajstić information content (AvgIpc) is 2.97. The second-order valence-electron chi connectivity index (χ2n) is 4.98. The Morgan fingerprint density at radius 2 is 2.09 bits per heavy atom. The second-order valence-corrected chi connectivity index (χ2v) is 8.06. The fourth-order valence-corrected chi connectivity index (χ4v) is 4.05. The first-order valence-electron chi connectivity index (χ1n) is 6.97. The van der Waals surface area contributed by atoms with Crippen LogP contribution in [-0.4, -0.2) is 64.0 Å². The van der Waals surface area contributed by atoms with Gasteiger partial charge in [-0.1, -0.05) is 0 Å². The lowest BCUT2D eigenvalue weighted by Gasteiger charge is -2.26. The van der Waals surface area contributed by atoms with E-state index in [1.165, 1.54) is 5.56 Å². The highest BCUT2D eigenvalue weighted by molar-refractivity contribution is 14.0. The molecule has 0 aromatic carbocycles. The zero-order chi connectivity index (χ0) is 15.1. The molecule has 0 amide bonds. The van der Waals surface area contributed by atoms with E-state index in [1.807, 2.05) is 0 Å². The molecule has 9 heteroatoms. The quantitative estimate of drug-likeness (QED) is 0.387. The Labute approximate surface area is 153 Å². The maximum absolute atomic E-state index is 11.4. The van der Waals surface area contributed by atoms with Gasteiger partial charge in [-0.15, -0.1) is 24.0 Å². The van der Waals surface area contributed by atoms with Crippen LogP contribution in [0.25, 0.3) is 0 Å². The number of halogens is 1. The number of thiophene rings is 1. The van der Waals surface area contributed by atoms with Crippen molar-refractivity contribution in [2.45, 2.75) is 6.54 Å². The number of guanidine groups is 1. The van der Waals surface area contributed by atoms with Gasteiger partial charge in [0.1, 0.15) is 0 Å². The van der Waals surface area contributed by atoms with E-state index in [2.05, 4.69) is 37.4 Å². The Bertz CT molecular complexity index is 547. The first kappa shape index (κ1) is 19.7. The van der Waals surface area contributed by atoms with Crippen molar-refractivity contribution in [3.8, 4) is 0 Å². The molecule has 126 valence electrons. The number of nitrogens with one attached hydrogen (secondary N) is 2. The third kappa shape index (κ3) is 6.80. The maximum atomic E-state index is 11.4. The van der Waals surface area contributed by atoms with Crippen molar-refractivity contribution < 1.29 is 8.42 Å². The minimum absolute atomic E-state index is 0. The van der Waals surface area contributed by atoms with E-state index in [9.17, 15) is 8.42 Å². The van der Waals surface area contributed by atoms with E-state index in [1.54, 1.807) is 18.4 Å². The molecule has 0 saturated carbocycles. The van der Waals surface area contributed by atoms with E-state index in [-0.39, 0.29) is 35.5 Å². The molecule has 1 fully saturated rings. The lowest BCUT2D eigenvalue weighted by molar-refractivity contribution is 0.299. The fraction of sp³-hybridized carbons (Fsp3) is 0.615. The molecule has 6 nitrogen and oxygen atoms in total. The molecule has 0 spiro atoms. The van der Waals surface area contributed by atoms with E-state index in [0.29, 0.717) is 13.1 Å². The predicted octanol–water partition coefficient (Wildman–Crippen LogP) is 0.762. The number of nitrogens with zero attached hydrogens (tertiary/aromatic N) is 2. The largest absolute Gasteiger partial charge is 0.355 e. The van der Waals surface area contributed by atoms with Crippen molar-refractivity contribution in [2.75, 3.05) is 44.7 Å². The van der Waals surface area contributed by atoms with Gasteiger partial charge in [0.15, 0.2) is 15.8 Å². The molecule has 0 aliphatic carbocycles. The third-order valence-electron chi connectivity index (χ3n) is 3.42. The lowest BCUT2D eigenvalue weighted by Crippen LogP contribution is -2.45. The Morgan fingerprint density at radius 1 is 1.36 bits per heavy atom. The van der Waals surface area contributed by atoms with Gasteiger partial charge in [0.2, 0.25) is 0 Å². The van der Waals surface area contributed by atoms with E-state index in [0.717, 1.165) is 25.6 Å². The van der Waals surface area contributed by atoms with Crippen LogP contribution >= 0.6 is 35.3 Å². The van der Waals surface area contributed by atoms with Crippen molar-refractivity contribution >= 4 is 51.1 Å². The SMILES string of the molecule is CN=C(NCCN1CCS(=O)(=O)CC1)NCc1ccsc1.I. The summed E-state index contributed by atoms with van der Waals surface area (Å²) in [6, 6.07) is 2.08. The number of hydrogen-bond donors (Lipinski definition) is 2. The normalized spacial score (nSPS) is 18.5. The molecule has 1 aromatic rings. The highest BCUT2D eigenvalue weighted by atomic mass is 127. The van der Waals surface area contributed by atoms with E-state index < -0.39 is 9.84 Å². The zero-order valence-corrected chi connectivity index (χ0v) is 16.6. The van der Waals surface area contributed by atoms with Crippen LogP contribution in [0.15, 0.2) is 21.8 Å². The smallest absolute Gasteiger partial charge is 0.191 e. The Kier molecular flexibility index (Phi) is 8.65.